The van der Waals surface area contributed by atoms with Gasteiger partial charge in [0.1, 0.15) is 0 Å². The summed E-state index contributed by atoms with van der Waals surface area (Å²) in [6.07, 6.45) is 2.35. The van der Waals surface area contributed by atoms with Crippen LogP contribution >= 0.6 is 0 Å². The van der Waals surface area contributed by atoms with Crippen LogP contribution in [0.3, 0.4) is 0 Å². The molecule has 0 aliphatic heterocycles. The number of nitrogens with one attached hydrogen (secondary N) is 1. The predicted octanol–water partition coefficient (Wildman–Crippen LogP) is 2.68. The van der Waals surface area contributed by atoms with Gasteiger partial charge in [-0.25, -0.2) is 0 Å². The smallest absolute Gasteiger partial charge is 0.0467 e. The Kier molecular flexibility index (Phi) is 7.20. The molecule has 1 N–H and O–H groups in total. The zero-order valence-corrected chi connectivity index (χ0v) is 10.5. The van der Waals surface area contributed by atoms with Crippen molar-refractivity contribution in [1.82, 2.24) is 5.32 Å². The van der Waals surface area contributed by atoms with E-state index in [1.54, 1.807) is 7.11 Å². The maximum Gasteiger partial charge on any atom is 0.0467 e. The highest BCUT2D eigenvalue weighted by Gasteiger charge is 2.20. The van der Waals surface area contributed by atoms with E-state index in [9.17, 15) is 0 Å². The molecule has 14 heavy (non-hydrogen) atoms. The van der Waals surface area contributed by atoms with Gasteiger partial charge in [-0.05, 0) is 30.7 Å². The minimum Gasteiger partial charge on any atom is -0.385 e. The summed E-state index contributed by atoms with van der Waals surface area (Å²) in [6.45, 7) is 12.2. The molecule has 0 amide bonds. The van der Waals surface area contributed by atoms with Crippen LogP contribution in [0.1, 0.15) is 40.5 Å². The molecule has 0 aromatic carbocycles. The average molecular weight is 201 g/mol. The summed E-state index contributed by atoms with van der Waals surface area (Å²) in [6, 6.07) is 0. The van der Waals surface area contributed by atoms with E-state index in [1.807, 2.05) is 0 Å². The number of hydrogen-bond donors (Lipinski definition) is 1. The Morgan fingerprint density at radius 2 is 2.00 bits per heavy atom. The van der Waals surface area contributed by atoms with Gasteiger partial charge in [-0.2, -0.15) is 0 Å². The van der Waals surface area contributed by atoms with E-state index in [4.69, 9.17) is 4.74 Å². The molecule has 0 aliphatic rings. The van der Waals surface area contributed by atoms with Gasteiger partial charge in [-0.1, -0.05) is 27.7 Å². The van der Waals surface area contributed by atoms with Crippen LogP contribution in [-0.2, 0) is 4.74 Å². The average Bonchev–Trinajstić information content (AvgIpc) is 2.14. The Bertz CT molecular complexity index is 136. The normalized spacial score (nSPS) is 15.9. The van der Waals surface area contributed by atoms with Crippen molar-refractivity contribution in [2.24, 2.45) is 11.3 Å². The molecule has 0 bridgehead atoms. The lowest BCUT2D eigenvalue weighted by molar-refractivity contribution is 0.139. The van der Waals surface area contributed by atoms with Crippen LogP contribution in [-0.4, -0.2) is 26.8 Å². The summed E-state index contributed by atoms with van der Waals surface area (Å²) < 4.78 is 5.14. The van der Waals surface area contributed by atoms with Crippen LogP contribution in [0.5, 0.6) is 0 Å². The highest BCUT2D eigenvalue weighted by atomic mass is 16.5. The summed E-state index contributed by atoms with van der Waals surface area (Å²) >= 11 is 0. The van der Waals surface area contributed by atoms with E-state index in [-0.39, 0.29) is 0 Å². The van der Waals surface area contributed by atoms with Gasteiger partial charge in [0.15, 0.2) is 0 Å². The third kappa shape index (κ3) is 6.39. The first-order valence-electron chi connectivity index (χ1n) is 5.73. The molecule has 0 saturated carbocycles. The number of rotatable bonds is 8. The molecule has 0 heterocycles. The van der Waals surface area contributed by atoms with E-state index >= 15 is 0 Å². The molecule has 2 nitrogen and oxygen atoms in total. The summed E-state index contributed by atoms with van der Waals surface area (Å²) in [5, 5.41) is 3.53. The van der Waals surface area contributed by atoms with Crippen molar-refractivity contribution in [3.8, 4) is 0 Å². The number of ether oxygens (including phenoxy) is 1. The molecule has 0 rings (SSSR count). The number of hydrogen-bond acceptors (Lipinski definition) is 2. The third-order valence-electron chi connectivity index (χ3n) is 2.87. The summed E-state index contributed by atoms with van der Waals surface area (Å²) in [7, 11) is 1.78. The fourth-order valence-corrected chi connectivity index (χ4v) is 1.40. The van der Waals surface area contributed by atoms with Gasteiger partial charge in [0.25, 0.3) is 0 Å². The van der Waals surface area contributed by atoms with E-state index in [1.165, 1.54) is 6.42 Å². The standard InChI is InChI=1S/C12H27NO/c1-6-12(4,7-8-14-5)10-13-9-11(2)3/h11,13H,6-10H2,1-5H3. The Hall–Kier alpha value is -0.0800. The molecule has 0 spiro atoms. The lowest BCUT2D eigenvalue weighted by atomic mass is 9.84. The molecule has 0 saturated heterocycles. The molecular formula is C12H27NO. The van der Waals surface area contributed by atoms with E-state index < -0.39 is 0 Å². The number of methoxy groups -OCH3 is 1. The van der Waals surface area contributed by atoms with Gasteiger partial charge in [0.2, 0.25) is 0 Å². The Morgan fingerprint density at radius 1 is 1.36 bits per heavy atom. The molecule has 2 heteroatoms. The van der Waals surface area contributed by atoms with Crippen LogP contribution in [0.4, 0.5) is 0 Å². The zero-order valence-electron chi connectivity index (χ0n) is 10.5. The third-order valence-corrected chi connectivity index (χ3v) is 2.87. The van der Waals surface area contributed by atoms with E-state index in [2.05, 4.69) is 33.0 Å². The van der Waals surface area contributed by atoms with Crippen LogP contribution in [0, 0.1) is 11.3 Å². The minimum absolute atomic E-state index is 0.394. The Morgan fingerprint density at radius 3 is 2.43 bits per heavy atom. The van der Waals surface area contributed by atoms with Crippen molar-refractivity contribution >= 4 is 0 Å². The summed E-state index contributed by atoms with van der Waals surface area (Å²) in [4.78, 5) is 0. The molecule has 0 aromatic rings. The second kappa shape index (κ2) is 7.24. The van der Waals surface area contributed by atoms with Gasteiger partial charge < -0.3 is 10.1 Å². The maximum absolute atomic E-state index is 5.14. The van der Waals surface area contributed by atoms with Gasteiger partial charge in [0.05, 0.1) is 0 Å². The molecule has 1 unspecified atom stereocenters. The highest BCUT2D eigenvalue weighted by Crippen LogP contribution is 2.24. The Labute approximate surface area is 89.4 Å². The molecule has 0 aliphatic carbocycles. The van der Waals surface area contributed by atoms with Gasteiger partial charge in [-0.15, -0.1) is 0 Å². The maximum atomic E-state index is 5.14. The first-order chi connectivity index (χ1) is 6.54. The van der Waals surface area contributed by atoms with Gasteiger partial charge in [-0.3, -0.25) is 0 Å². The van der Waals surface area contributed by atoms with Crippen molar-refractivity contribution in [1.29, 1.82) is 0 Å². The van der Waals surface area contributed by atoms with Crippen LogP contribution in [0.25, 0.3) is 0 Å². The fourth-order valence-electron chi connectivity index (χ4n) is 1.40. The van der Waals surface area contributed by atoms with Crippen LogP contribution in [0.2, 0.25) is 0 Å². The van der Waals surface area contributed by atoms with Gasteiger partial charge in [0, 0.05) is 20.3 Å². The zero-order chi connectivity index (χ0) is 11.0. The highest BCUT2D eigenvalue weighted by molar-refractivity contribution is 4.75. The Balaban J connectivity index is 3.74. The van der Waals surface area contributed by atoms with E-state index in [0.717, 1.165) is 32.0 Å². The van der Waals surface area contributed by atoms with Crippen LogP contribution in [0.15, 0.2) is 0 Å². The predicted molar refractivity (Wildman–Crippen MR) is 62.6 cm³/mol. The summed E-state index contributed by atoms with van der Waals surface area (Å²) in [5.41, 5.74) is 0.394. The molecule has 0 fully saturated rings. The van der Waals surface area contributed by atoms with Crippen molar-refractivity contribution < 1.29 is 4.74 Å². The SMILES string of the molecule is CCC(C)(CCOC)CNCC(C)C. The molecule has 1 atom stereocenters. The molecule has 0 radical (unpaired) electrons. The van der Waals surface area contributed by atoms with Crippen LogP contribution < -0.4 is 5.32 Å². The lowest BCUT2D eigenvalue weighted by Crippen LogP contribution is -2.34. The topological polar surface area (TPSA) is 21.3 Å². The lowest BCUT2D eigenvalue weighted by Gasteiger charge is -2.28. The fraction of sp³-hybridized carbons (Fsp3) is 1.00. The van der Waals surface area contributed by atoms with Crippen molar-refractivity contribution in [3.63, 3.8) is 0 Å². The first-order valence-corrected chi connectivity index (χ1v) is 5.73. The molecule has 86 valence electrons. The van der Waals surface area contributed by atoms with E-state index in [0.29, 0.717) is 5.41 Å². The largest absolute Gasteiger partial charge is 0.385 e. The second-order valence-corrected chi connectivity index (χ2v) is 4.93. The minimum atomic E-state index is 0.394. The quantitative estimate of drug-likeness (QED) is 0.652. The molecule has 0 aromatic heterocycles. The molecular weight excluding hydrogens is 174 g/mol. The van der Waals surface area contributed by atoms with Gasteiger partial charge >= 0.3 is 0 Å². The van der Waals surface area contributed by atoms with Crippen molar-refractivity contribution in [3.05, 3.63) is 0 Å². The first kappa shape index (κ1) is 13.9. The summed E-state index contributed by atoms with van der Waals surface area (Å²) in [5.74, 6) is 0.735. The van der Waals surface area contributed by atoms with Crippen molar-refractivity contribution in [2.45, 2.75) is 40.5 Å². The van der Waals surface area contributed by atoms with Crippen molar-refractivity contribution in [2.75, 3.05) is 26.8 Å². The second-order valence-electron chi connectivity index (χ2n) is 4.93. The monoisotopic (exact) mass is 201 g/mol.